The largest absolute Gasteiger partial charge is 0.494 e. The summed E-state index contributed by atoms with van der Waals surface area (Å²) < 4.78 is 1.08. The molecule has 0 aliphatic carbocycles. The molecule has 154 valence electrons. The molecular weight excluding hydrogens is 382 g/mol. The number of nitrogens with one attached hydrogen (secondary N) is 1. The van der Waals surface area contributed by atoms with Crippen LogP contribution in [0.2, 0.25) is 0 Å². The number of amides is 1. The molecule has 2 N–H and O–H groups in total. The summed E-state index contributed by atoms with van der Waals surface area (Å²) in [5, 5.41) is 11.1. The second-order valence-corrected chi connectivity index (χ2v) is 7.66. The first-order valence-electron chi connectivity index (χ1n) is 9.80. The van der Waals surface area contributed by atoms with E-state index in [-0.39, 0.29) is 11.5 Å². The number of benzene rings is 2. The van der Waals surface area contributed by atoms with Crippen molar-refractivity contribution >= 4 is 5.91 Å². The van der Waals surface area contributed by atoms with Crippen LogP contribution in [-0.4, -0.2) is 32.0 Å². The predicted molar refractivity (Wildman–Crippen MR) is 113 cm³/mol. The summed E-state index contributed by atoms with van der Waals surface area (Å²) in [5.74, 6) is -0.669. The zero-order chi connectivity index (χ0) is 21.6. The SMILES string of the molecule is CC(=O)N1CCc2ccccc2[C@H]1c1c(O)n(-c2ccc(C)c(C)c2)c(=O)[nH]c1=O. The van der Waals surface area contributed by atoms with Gasteiger partial charge in [0, 0.05) is 13.5 Å². The Bertz CT molecular complexity index is 1270. The summed E-state index contributed by atoms with van der Waals surface area (Å²) in [5.41, 5.74) is 2.74. The van der Waals surface area contributed by atoms with Gasteiger partial charge < -0.3 is 10.0 Å². The Morgan fingerprint density at radius 3 is 2.53 bits per heavy atom. The molecular formula is C23H23N3O4. The lowest BCUT2D eigenvalue weighted by Gasteiger charge is -2.36. The monoisotopic (exact) mass is 405 g/mol. The van der Waals surface area contributed by atoms with Gasteiger partial charge >= 0.3 is 5.69 Å². The Kier molecular flexibility index (Phi) is 4.81. The van der Waals surface area contributed by atoms with Gasteiger partial charge in [0.15, 0.2) is 0 Å². The number of hydrogen-bond donors (Lipinski definition) is 2. The molecule has 0 saturated heterocycles. The third-order valence-corrected chi connectivity index (χ3v) is 5.83. The maximum absolute atomic E-state index is 12.9. The van der Waals surface area contributed by atoms with Gasteiger partial charge in [-0.15, -0.1) is 0 Å². The number of carbonyl (C=O) groups is 1. The van der Waals surface area contributed by atoms with Gasteiger partial charge in [0.25, 0.3) is 5.56 Å². The zero-order valence-electron chi connectivity index (χ0n) is 17.1. The summed E-state index contributed by atoms with van der Waals surface area (Å²) in [6.45, 7) is 5.70. The number of aromatic nitrogens is 2. The number of aryl methyl sites for hydroxylation is 2. The van der Waals surface area contributed by atoms with E-state index in [2.05, 4.69) is 4.98 Å². The number of H-pyrrole nitrogens is 1. The van der Waals surface area contributed by atoms with E-state index in [1.807, 2.05) is 44.2 Å². The van der Waals surface area contributed by atoms with E-state index in [9.17, 15) is 19.5 Å². The molecule has 0 saturated carbocycles. The van der Waals surface area contributed by atoms with Crippen LogP contribution in [-0.2, 0) is 11.2 Å². The van der Waals surface area contributed by atoms with Crippen molar-refractivity contribution in [3.05, 3.63) is 91.1 Å². The Morgan fingerprint density at radius 2 is 1.83 bits per heavy atom. The second-order valence-electron chi connectivity index (χ2n) is 7.66. The number of carbonyl (C=O) groups excluding carboxylic acids is 1. The first kappa shape index (κ1) is 19.7. The topological polar surface area (TPSA) is 95.4 Å². The summed E-state index contributed by atoms with van der Waals surface area (Å²) in [4.78, 5) is 41.8. The van der Waals surface area contributed by atoms with Crippen molar-refractivity contribution < 1.29 is 9.90 Å². The molecule has 1 amide bonds. The van der Waals surface area contributed by atoms with Crippen LogP contribution in [0.15, 0.2) is 52.1 Å². The van der Waals surface area contributed by atoms with Crippen LogP contribution in [0.3, 0.4) is 0 Å². The lowest BCUT2D eigenvalue weighted by molar-refractivity contribution is -0.130. The van der Waals surface area contributed by atoms with Crippen molar-refractivity contribution in [3.63, 3.8) is 0 Å². The molecule has 0 bridgehead atoms. The standard InChI is InChI=1S/C23H23N3O4/c1-13-8-9-17(12-14(13)2)26-22(29)19(21(28)24-23(26)30)20-18-7-5-4-6-16(18)10-11-25(20)15(3)27/h4-9,12,20,29H,10-11H2,1-3H3,(H,24,28,30)/t20-/m0/s1. The van der Waals surface area contributed by atoms with Crippen LogP contribution in [0.5, 0.6) is 5.88 Å². The molecule has 7 nitrogen and oxygen atoms in total. The molecule has 2 aromatic carbocycles. The van der Waals surface area contributed by atoms with Crippen LogP contribution in [0.4, 0.5) is 0 Å². The molecule has 1 atom stereocenters. The van der Waals surface area contributed by atoms with E-state index < -0.39 is 23.2 Å². The summed E-state index contributed by atoms with van der Waals surface area (Å²) >= 11 is 0. The highest BCUT2D eigenvalue weighted by Crippen LogP contribution is 2.37. The highest BCUT2D eigenvalue weighted by atomic mass is 16.3. The van der Waals surface area contributed by atoms with Crippen molar-refractivity contribution in [3.8, 4) is 11.6 Å². The fraction of sp³-hybridized carbons (Fsp3) is 0.261. The first-order chi connectivity index (χ1) is 14.3. The molecule has 0 radical (unpaired) electrons. The van der Waals surface area contributed by atoms with E-state index in [4.69, 9.17) is 0 Å². The molecule has 2 heterocycles. The van der Waals surface area contributed by atoms with Gasteiger partial charge in [-0.2, -0.15) is 0 Å². The van der Waals surface area contributed by atoms with Crippen molar-refractivity contribution in [2.45, 2.75) is 33.2 Å². The van der Waals surface area contributed by atoms with Gasteiger partial charge in [0.1, 0.15) is 5.56 Å². The van der Waals surface area contributed by atoms with Crippen molar-refractivity contribution in [2.75, 3.05) is 6.54 Å². The van der Waals surface area contributed by atoms with E-state index in [1.165, 1.54) is 6.92 Å². The number of fused-ring (bicyclic) bond motifs is 1. The van der Waals surface area contributed by atoms with Gasteiger partial charge in [-0.1, -0.05) is 30.3 Å². The Morgan fingerprint density at radius 1 is 1.10 bits per heavy atom. The van der Waals surface area contributed by atoms with Crippen LogP contribution in [0.25, 0.3) is 5.69 Å². The number of hydrogen-bond acceptors (Lipinski definition) is 4. The van der Waals surface area contributed by atoms with Crippen LogP contribution in [0.1, 0.15) is 40.8 Å². The zero-order valence-corrected chi connectivity index (χ0v) is 17.1. The van der Waals surface area contributed by atoms with E-state index in [0.29, 0.717) is 18.7 Å². The van der Waals surface area contributed by atoms with E-state index in [1.54, 1.807) is 17.0 Å². The number of rotatable bonds is 2. The highest BCUT2D eigenvalue weighted by molar-refractivity contribution is 5.75. The lowest BCUT2D eigenvalue weighted by atomic mass is 9.88. The van der Waals surface area contributed by atoms with Crippen LogP contribution < -0.4 is 11.2 Å². The smallest absolute Gasteiger partial charge is 0.335 e. The number of aromatic amines is 1. The summed E-state index contributed by atoms with van der Waals surface area (Å²) in [6.07, 6.45) is 0.654. The molecule has 1 aliphatic rings. The molecule has 0 unspecified atom stereocenters. The van der Waals surface area contributed by atoms with Crippen molar-refractivity contribution in [2.24, 2.45) is 0 Å². The quantitative estimate of drug-likeness (QED) is 0.684. The molecule has 0 fully saturated rings. The average Bonchev–Trinajstić information content (AvgIpc) is 2.70. The van der Waals surface area contributed by atoms with Gasteiger partial charge in [-0.25, -0.2) is 9.36 Å². The normalized spacial score (nSPS) is 15.7. The number of nitrogens with zero attached hydrogens (tertiary/aromatic N) is 2. The third-order valence-electron chi connectivity index (χ3n) is 5.83. The molecule has 1 aromatic heterocycles. The summed E-state index contributed by atoms with van der Waals surface area (Å²) in [6, 6.07) is 12.1. The Balaban J connectivity index is 2.01. The van der Waals surface area contributed by atoms with Gasteiger partial charge in [-0.05, 0) is 54.7 Å². The van der Waals surface area contributed by atoms with Crippen LogP contribution in [0, 0.1) is 13.8 Å². The molecule has 1 aliphatic heterocycles. The lowest BCUT2D eigenvalue weighted by Crippen LogP contribution is -2.43. The third kappa shape index (κ3) is 3.12. The molecule has 7 heteroatoms. The number of aromatic hydroxyl groups is 1. The fourth-order valence-corrected chi connectivity index (χ4v) is 4.11. The van der Waals surface area contributed by atoms with Gasteiger partial charge in [0.2, 0.25) is 11.8 Å². The minimum atomic E-state index is -0.783. The van der Waals surface area contributed by atoms with E-state index in [0.717, 1.165) is 26.8 Å². The highest BCUT2D eigenvalue weighted by Gasteiger charge is 2.35. The molecule has 0 spiro atoms. The molecule has 4 rings (SSSR count). The summed E-state index contributed by atoms with van der Waals surface area (Å²) in [7, 11) is 0. The molecule has 30 heavy (non-hydrogen) atoms. The molecule has 3 aromatic rings. The Labute approximate surface area is 173 Å². The Hall–Kier alpha value is -3.61. The predicted octanol–water partition coefficient (Wildman–Crippen LogP) is 2.34. The second kappa shape index (κ2) is 7.33. The van der Waals surface area contributed by atoms with Gasteiger partial charge in [-0.3, -0.25) is 14.6 Å². The fourth-order valence-electron chi connectivity index (χ4n) is 4.11. The maximum atomic E-state index is 12.9. The van der Waals surface area contributed by atoms with Crippen LogP contribution >= 0.6 is 0 Å². The van der Waals surface area contributed by atoms with Crippen molar-refractivity contribution in [1.82, 2.24) is 14.5 Å². The maximum Gasteiger partial charge on any atom is 0.335 e. The first-order valence-corrected chi connectivity index (χ1v) is 9.80. The average molecular weight is 405 g/mol. The minimum absolute atomic E-state index is 0.0184. The van der Waals surface area contributed by atoms with E-state index >= 15 is 0 Å². The van der Waals surface area contributed by atoms with Gasteiger partial charge in [0.05, 0.1) is 11.7 Å². The minimum Gasteiger partial charge on any atom is -0.494 e. The van der Waals surface area contributed by atoms with Crippen molar-refractivity contribution in [1.29, 1.82) is 0 Å².